The van der Waals surface area contributed by atoms with Gasteiger partial charge >= 0.3 is 0 Å². The summed E-state index contributed by atoms with van der Waals surface area (Å²) in [5.74, 6) is 0.751. The molecule has 0 bridgehead atoms. The molecule has 0 spiro atoms. The molecule has 2 N–H and O–H groups in total. The molecule has 120 valence electrons. The zero-order valence-electron chi connectivity index (χ0n) is 13.0. The van der Waals surface area contributed by atoms with Gasteiger partial charge in [0.25, 0.3) is 0 Å². The second-order valence-electron chi connectivity index (χ2n) is 4.92. The molecule has 1 aromatic rings. The summed E-state index contributed by atoms with van der Waals surface area (Å²) in [5, 5.41) is 12.9. The minimum Gasteiger partial charge on any atom is -0.389 e. The Labute approximate surface area is 126 Å². The lowest BCUT2D eigenvalue weighted by molar-refractivity contribution is 0.00383. The van der Waals surface area contributed by atoms with Gasteiger partial charge in [-0.25, -0.2) is 9.97 Å². The number of unbranched alkanes of at least 4 members (excludes halogenated alkanes) is 1. The average molecular weight is 297 g/mol. The number of aliphatic hydroxyl groups excluding tert-OH is 1. The zero-order valence-corrected chi connectivity index (χ0v) is 13.0. The van der Waals surface area contributed by atoms with Crippen LogP contribution in [0.4, 0.5) is 0 Å². The SMILES string of the molecule is CCCCOCCOCC(O)CNCc1ccnc(C)n1. The van der Waals surface area contributed by atoms with Gasteiger partial charge in [-0.1, -0.05) is 13.3 Å². The van der Waals surface area contributed by atoms with Crippen LogP contribution >= 0.6 is 0 Å². The normalized spacial score (nSPS) is 12.5. The zero-order chi connectivity index (χ0) is 15.3. The lowest BCUT2D eigenvalue weighted by Crippen LogP contribution is -2.30. The number of ether oxygens (including phenoxy) is 2. The van der Waals surface area contributed by atoms with Gasteiger partial charge < -0.3 is 19.9 Å². The largest absolute Gasteiger partial charge is 0.389 e. The smallest absolute Gasteiger partial charge is 0.125 e. The summed E-state index contributed by atoms with van der Waals surface area (Å²) in [6, 6.07) is 1.86. The first-order valence-corrected chi connectivity index (χ1v) is 7.55. The van der Waals surface area contributed by atoms with Crippen molar-refractivity contribution >= 4 is 0 Å². The molecule has 0 aliphatic carbocycles. The van der Waals surface area contributed by atoms with Gasteiger partial charge in [0.2, 0.25) is 0 Å². The van der Waals surface area contributed by atoms with E-state index in [1.165, 1.54) is 0 Å². The van der Waals surface area contributed by atoms with Crippen molar-refractivity contribution in [2.45, 2.75) is 39.3 Å². The van der Waals surface area contributed by atoms with Crippen molar-refractivity contribution in [3.63, 3.8) is 0 Å². The lowest BCUT2D eigenvalue weighted by atomic mass is 10.3. The van der Waals surface area contributed by atoms with Crippen LogP contribution in [0.5, 0.6) is 0 Å². The molecule has 6 nitrogen and oxygen atoms in total. The maximum atomic E-state index is 9.76. The topological polar surface area (TPSA) is 76.5 Å². The fourth-order valence-electron chi connectivity index (χ4n) is 1.72. The molecule has 1 aromatic heterocycles. The quantitative estimate of drug-likeness (QED) is 0.562. The first-order valence-electron chi connectivity index (χ1n) is 7.55. The highest BCUT2D eigenvalue weighted by atomic mass is 16.5. The summed E-state index contributed by atoms with van der Waals surface area (Å²) in [7, 11) is 0. The van der Waals surface area contributed by atoms with E-state index in [9.17, 15) is 5.11 Å². The lowest BCUT2D eigenvalue weighted by Gasteiger charge is -2.12. The van der Waals surface area contributed by atoms with Crippen LogP contribution in [0.2, 0.25) is 0 Å². The molecule has 6 heteroatoms. The van der Waals surface area contributed by atoms with Crippen molar-refractivity contribution in [3.05, 3.63) is 23.8 Å². The molecule has 0 radical (unpaired) electrons. The average Bonchev–Trinajstić information content (AvgIpc) is 2.46. The van der Waals surface area contributed by atoms with Crippen LogP contribution in [0.3, 0.4) is 0 Å². The molecule has 1 unspecified atom stereocenters. The van der Waals surface area contributed by atoms with Crippen LogP contribution in [0.1, 0.15) is 31.3 Å². The van der Waals surface area contributed by atoms with Crippen LogP contribution in [0, 0.1) is 6.92 Å². The predicted molar refractivity (Wildman–Crippen MR) is 81.0 cm³/mol. The van der Waals surface area contributed by atoms with Crippen LogP contribution in [0.15, 0.2) is 12.3 Å². The van der Waals surface area contributed by atoms with E-state index < -0.39 is 6.10 Å². The highest BCUT2D eigenvalue weighted by molar-refractivity contribution is 5.00. The molecular weight excluding hydrogens is 270 g/mol. The number of aliphatic hydroxyl groups is 1. The Morgan fingerprint density at radius 3 is 2.86 bits per heavy atom. The maximum Gasteiger partial charge on any atom is 0.125 e. The third kappa shape index (κ3) is 9.47. The molecule has 0 saturated heterocycles. The predicted octanol–water partition coefficient (Wildman–Crippen LogP) is 1.07. The monoisotopic (exact) mass is 297 g/mol. The maximum absolute atomic E-state index is 9.76. The van der Waals surface area contributed by atoms with E-state index in [-0.39, 0.29) is 0 Å². The van der Waals surface area contributed by atoms with E-state index in [1.807, 2.05) is 13.0 Å². The van der Waals surface area contributed by atoms with E-state index >= 15 is 0 Å². The van der Waals surface area contributed by atoms with Gasteiger partial charge in [0.15, 0.2) is 0 Å². The number of rotatable bonds is 12. The minimum atomic E-state index is -0.524. The Morgan fingerprint density at radius 1 is 1.29 bits per heavy atom. The van der Waals surface area contributed by atoms with E-state index in [2.05, 4.69) is 22.2 Å². The summed E-state index contributed by atoms with van der Waals surface area (Å²) in [6.07, 6.45) is 3.42. The Bertz CT molecular complexity index is 377. The summed E-state index contributed by atoms with van der Waals surface area (Å²) in [6.45, 7) is 7.27. The highest BCUT2D eigenvalue weighted by Crippen LogP contribution is 1.94. The second kappa shape index (κ2) is 11.6. The highest BCUT2D eigenvalue weighted by Gasteiger charge is 2.04. The molecule has 21 heavy (non-hydrogen) atoms. The molecular formula is C15H27N3O3. The van der Waals surface area contributed by atoms with Gasteiger partial charge in [0, 0.05) is 25.9 Å². The third-order valence-corrected chi connectivity index (χ3v) is 2.84. The standard InChI is InChI=1S/C15H27N3O3/c1-3-4-7-20-8-9-21-12-15(19)11-16-10-14-5-6-17-13(2)18-14/h5-6,15-16,19H,3-4,7-12H2,1-2H3. The molecule has 1 heterocycles. The second-order valence-corrected chi connectivity index (χ2v) is 4.92. The Kier molecular flexibility index (Phi) is 9.90. The van der Waals surface area contributed by atoms with Crippen molar-refractivity contribution in [1.29, 1.82) is 0 Å². The van der Waals surface area contributed by atoms with Crippen LogP contribution in [-0.4, -0.2) is 54.2 Å². The first-order chi connectivity index (χ1) is 10.2. The summed E-state index contributed by atoms with van der Waals surface area (Å²) in [5.41, 5.74) is 0.917. The molecule has 0 fully saturated rings. The number of aryl methyl sites for hydroxylation is 1. The van der Waals surface area contributed by atoms with Crippen LogP contribution in [0.25, 0.3) is 0 Å². The van der Waals surface area contributed by atoms with Crippen molar-refractivity contribution in [1.82, 2.24) is 15.3 Å². The summed E-state index contributed by atoms with van der Waals surface area (Å²) >= 11 is 0. The molecule has 0 saturated carbocycles. The van der Waals surface area contributed by atoms with E-state index in [4.69, 9.17) is 9.47 Å². The van der Waals surface area contributed by atoms with Gasteiger partial charge in [-0.15, -0.1) is 0 Å². The van der Waals surface area contributed by atoms with Gasteiger partial charge in [-0.3, -0.25) is 0 Å². The number of nitrogens with one attached hydrogen (secondary N) is 1. The Hall–Kier alpha value is -1.08. The molecule has 1 atom stereocenters. The summed E-state index contributed by atoms with van der Waals surface area (Å²) in [4.78, 5) is 8.32. The van der Waals surface area contributed by atoms with Crippen molar-refractivity contribution in [2.24, 2.45) is 0 Å². The molecule has 0 aliphatic rings. The van der Waals surface area contributed by atoms with Gasteiger partial charge in [-0.05, 0) is 19.4 Å². The van der Waals surface area contributed by atoms with Gasteiger partial charge in [0.1, 0.15) is 5.82 Å². The fraction of sp³-hybridized carbons (Fsp3) is 0.733. The number of hydrogen-bond donors (Lipinski definition) is 2. The van der Waals surface area contributed by atoms with Crippen LogP contribution < -0.4 is 5.32 Å². The fourth-order valence-corrected chi connectivity index (χ4v) is 1.72. The summed E-state index contributed by atoms with van der Waals surface area (Å²) < 4.78 is 10.7. The van der Waals surface area contributed by atoms with E-state index in [0.29, 0.717) is 32.9 Å². The third-order valence-electron chi connectivity index (χ3n) is 2.84. The van der Waals surface area contributed by atoms with E-state index in [0.717, 1.165) is 31.0 Å². The van der Waals surface area contributed by atoms with Crippen molar-refractivity contribution in [3.8, 4) is 0 Å². The molecule has 0 amide bonds. The number of nitrogens with zero attached hydrogens (tertiary/aromatic N) is 2. The van der Waals surface area contributed by atoms with Crippen molar-refractivity contribution < 1.29 is 14.6 Å². The Morgan fingerprint density at radius 2 is 2.10 bits per heavy atom. The van der Waals surface area contributed by atoms with E-state index in [1.54, 1.807) is 6.20 Å². The molecule has 0 aliphatic heterocycles. The van der Waals surface area contributed by atoms with Gasteiger partial charge in [0.05, 0.1) is 31.6 Å². The first kappa shape index (κ1) is 18.0. The van der Waals surface area contributed by atoms with Crippen molar-refractivity contribution in [2.75, 3.05) is 33.0 Å². The molecule has 0 aromatic carbocycles. The minimum absolute atomic E-state index is 0.312. The Balaban J connectivity index is 1.97. The number of hydrogen-bond acceptors (Lipinski definition) is 6. The van der Waals surface area contributed by atoms with Gasteiger partial charge in [-0.2, -0.15) is 0 Å². The molecule has 1 rings (SSSR count). The number of aromatic nitrogens is 2. The van der Waals surface area contributed by atoms with Crippen LogP contribution in [-0.2, 0) is 16.0 Å².